The molecule has 20 heavy (non-hydrogen) atoms. The van der Waals surface area contributed by atoms with Crippen molar-refractivity contribution < 1.29 is 4.74 Å². The Labute approximate surface area is 121 Å². The highest BCUT2D eigenvalue weighted by Gasteiger charge is 2.09. The summed E-state index contributed by atoms with van der Waals surface area (Å²) in [7, 11) is 0. The van der Waals surface area contributed by atoms with Gasteiger partial charge in [-0.3, -0.25) is 0 Å². The monoisotopic (exact) mass is 269 g/mol. The minimum atomic E-state index is 0.0790. The van der Waals surface area contributed by atoms with E-state index in [9.17, 15) is 0 Å². The van der Waals surface area contributed by atoms with Crippen molar-refractivity contribution in [3.05, 3.63) is 65.7 Å². The first-order chi connectivity index (χ1) is 9.65. The molecule has 106 valence electrons. The summed E-state index contributed by atoms with van der Waals surface area (Å²) in [5.41, 5.74) is 8.53. The quantitative estimate of drug-likeness (QED) is 0.848. The highest BCUT2D eigenvalue weighted by Crippen LogP contribution is 2.23. The first-order valence-electron chi connectivity index (χ1n) is 7.17. The van der Waals surface area contributed by atoms with Crippen molar-refractivity contribution >= 4 is 0 Å². The molecular weight excluding hydrogens is 246 g/mol. The predicted octanol–water partition coefficient (Wildman–Crippen LogP) is 4.31. The number of ether oxygens (including phenoxy) is 1. The van der Waals surface area contributed by atoms with Gasteiger partial charge in [-0.05, 0) is 35.6 Å². The molecule has 0 saturated carbocycles. The standard InChI is InChI=1S/C18H23NO/c1-14(2)11-18(19)16-9-6-10-17(12-16)20-13-15-7-4-3-5-8-15/h3-10,12,14,18H,11,13,19H2,1-2H3. The smallest absolute Gasteiger partial charge is 0.120 e. The molecule has 0 heterocycles. The van der Waals surface area contributed by atoms with Gasteiger partial charge in [-0.25, -0.2) is 0 Å². The van der Waals surface area contributed by atoms with E-state index in [2.05, 4.69) is 38.1 Å². The zero-order valence-electron chi connectivity index (χ0n) is 12.3. The summed E-state index contributed by atoms with van der Waals surface area (Å²) in [4.78, 5) is 0. The molecule has 1 unspecified atom stereocenters. The summed E-state index contributed by atoms with van der Waals surface area (Å²) in [6.07, 6.45) is 0.988. The molecule has 0 saturated heterocycles. The van der Waals surface area contributed by atoms with Gasteiger partial charge in [0.2, 0.25) is 0 Å². The minimum Gasteiger partial charge on any atom is -0.489 e. The van der Waals surface area contributed by atoms with Crippen molar-refractivity contribution in [2.24, 2.45) is 11.7 Å². The normalized spacial score (nSPS) is 12.4. The first kappa shape index (κ1) is 14.6. The van der Waals surface area contributed by atoms with Crippen LogP contribution in [0.2, 0.25) is 0 Å². The lowest BCUT2D eigenvalue weighted by molar-refractivity contribution is 0.305. The Bertz CT molecular complexity index is 522. The van der Waals surface area contributed by atoms with Gasteiger partial charge in [0, 0.05) is 6.04 Å². The number of hydrogen-bond acceptors (Lipinski definition) is 2. The second kappa shape index (κ2) is 7.11. The van der Waals surface area contributed by atoms with Crippen LogP contribution in [0.1, 0.15) is 37.4 Å². The van der Waals surface area contributed by atoms with Crippen LogP contribution in [-0.4, -0.2) is 0 Å². The fourth-order valence-corrected chi connectivity index (χ4v) is 2.22. The van der Waals surface area contributed by atoms with Crippen LogP contribution in [0.4, 0.5) is 0 Å². The molecule has 0 spiro atoms. The van der Waals surface area contributed by atoms with E-state index in [-0.39, 0.29) is 6.04 Å². The molecule has 1 atom stereocenters. The molecular formula is C18H23NO. The van der Waals surface area contributed by atoms with E-state index < -0.39 is 0 Å². The van der Waals surface area contributed by atoms with Crippen LogP contribution < -0.4 is 10.5 Å². The van der Waals surface area contributed by atoms with Crippen LogP contribution in [0.3, 0.4) is 0 Å². The number of rotatable bonds is 6. The topological polar surface area (TPSA) is 35.2 Å². The van der Waals surface area contributed by atoms with E-state index in [1.165, 1.54) is 5.56 Å². The molecule has 2 heteroatoms. The average Bonchev–Trinajstić information content (AvgIpc) is 2.46. The van der Waals surface area contributed by atoms with Crippen molar-refractivity contribution in [2.75, 3.05) is 0 Å². The molecule has 0 radical (unpaired) electrons. The molecule has 0 amide bonds. The zero-order chi connectivity index (χ0) is 14.4. The second-order valence-electron chi connectivity index (χ2n) is 5.58. The molecule has 0 aliphatic heterocycles. The third kappa shape index (κ3) is 4.39. The molecule has 0 aliphatic rings. The molecule has 2 aromatic carbocycles. The summed E-state index contributed by atoms with van der Waals surface area (Å²) in [6.45, 7) is 4.97. The highest BCUT2D eigenvalue weighted by molar-refractivity contribution is 5.30. The Morgan fingerprint density at radius 3 is 2.45 bits per heavy atom. The number of hydrogen-bond donors (Lipinski definition) is 1. The van der Waals surface area contributed by atoms with Crippen LogP contribution in [0.15, 0.2) is 54.6 Å². The van der Waals surface area contributed by atoms with Gasteiger partial charge in [-0.15, -0.1) is 0 Å². The minimum absolute atomic E-state index is 0.0790. The Morgan fingerprint density at radius 1 is 1.00 bits per heavy atom. The second-order valence-corrected chi connectivity index (χ2v) is 5.58. The van der Waals surface area contributed by atoms with Gasteiger partial charge in [-0.1, -0.05) is 56.3 Å². The zero-order valence-corrected chi connectivity index (χ0v) is 12.3. The van der Waals surface area contributed by atoms with E-state index in [0.717, 1.165) is 17.7 Å². The highest BCUT2D eigenvalue weighted by atomic mass is 16.5. The lowest BCUT2D eigenvalue weighted by Gasteiger charge is -2.15. The van der Waals surface area contributed by atoms with E-state index >= 15 is 0 Å². The Morgan fingerprint density at radius 2 is 1.75 bits per heavy atom. The van der Waals surface area contributed by atoms with Gasteiger partial charge in [-0.2, -0.15) is 0 Å². The molecule has 0 aromatic heterocycles. The predicted molar refractivity (Wildman–Crippen MR) is 83.6 cm³/mol. The van der Waals surface area contributed by atoms with Crippen molar-refractivity contribution in [1.82, 2.24) is 0 Å². The van der Waals surface area contributed by atoms with Gasteiger partial charge in [0.05, 0.1) is 0 Å². The van der Waals surface area contributed by atoms with Crippen molar-refractivity contribution in [2.45, 2.75) is 32.9 Å². The Balaban J connectivity index is 1.99. The number of benzene rings is 2. The van der Waals surface area contributed by atoms with E-state index in [1.807, 2.05) is 30.3 Å². The van der Waals surface area contributed by atoms with Crippen LogP contribution in [-0.2, 0) is 6.61 Å². The van der Waals surface area contributed by atoms with Crippen LogP contribution >= 0.6 is 0 Å². The molecule has 2 nitrogen and oxygen atoms in total. The number of nitrogens with two attached hydrogens (primary N) is 1. The SMILES string of the molecule is CC(C)CC(N)c1cccc(OCc2ccccc2)c1. The van der Waals surface area contributed by atoms with E-state index in [4.69, 9.17) is 10.5 Å². The molecule has 2 N–H and O–H groups in total. The van der Waals surface area contributed by atoms with Gasteiger partial charge in [0.15, 0.2) is 0 Å². The summed E-state index contributed by atoms with van der Waals surface area (Å²) in [6, 6.07) is 18.4. The van der Waals surface area contributed by atoms with Gasteiger partial charge >= 0.3 is 0 Å². The van der Waals surface area contributed by atoms with Crippen molar-refractivity contribution in [3.63, 3.8) is 0 Å². The fourth-order valence-electron chi connectivity index (χ4n) is 2.22. The summed E-state index contributed by atoms with van der Waals surface area (Å²) in [5.74, 6) is 1.48. The molecule has 0 fully saturated rings. The van der Waals surface area contributed by atoms with Gasteiger partial charge in [0.1, 0.15) is 12.4 Å². The molecule has 2 aromatic rings. The Kier molecular flexibility index (Phi) is 5.19. The van der Waals surface area contributed by atoms with Crippen LogP contribution in [0.5, 0.6) is 5.75 Å². The molecule has 0 aliphatic carbocycles. The summed E-state index contributed by atoms with van der Waals surface area (Å²) in [5, 5.41) is 0. The fraction of sp³-hybridized carbons (Fsp3) is 0.333. The van der Waals surface area contributed by atoms with E-state index in [0.29, 0.717) is 12.5 Å². The van der Waals surface area contributed by atoms with Crippen molar-refractivity contribution in [3.8, 4) is 5.75 Å². The van der Waals surface area contributed by atoms with Crippen LogP contribution in [0, 0.1) is 5.92 Å². The largest absolute Gasteiger partial charge is 0.489 e. The Hall–Kier alpha value is -1.80. The van der Waals surface area contributed by atoms with Gasteiger partial charge < -0.3 is 10.5 Å². The van der Waals surface area contributed by atoms with Crippen molar-refractivity contribution in [1.29, 1.82) is 0 Å². The third-order valence-corrected chi connectivity index (χ3v) is 3.26. The maximum atomic E-state index is 6.22. The van der Waals surface area contributed by atoms with E-state index in [1.54, 1.807) is 0 Å². The maximum Gasteiger partial charge on any atom is 0.120 e. The summed E-state index contributed by atoms with van der Waals surface area (Å²) >= 11 is 0. The maximum absolute atomic E-state index is 6.22. The third-order valence-electron chi connectivity index (χ3n) is 3.26. The molecule has 0 bridgehead atoms. The first-order valence-corrected chi connectivity index (χ1v) is 7.17. The lowest BCUT2D eigenvalue weighted by Crippen LogP contribution is -2.12. The van der Waals surface area contributed by atoms with Gasteiger partial charge in [0.25, 0.3) is 0 Å². The van der Waals surface area contributed by atoms with Crippen LogP contribution in [0.25, 0.3) is 0 Å². The molecule has 2 rings (SSSR count). The summed E-state index contributed by atoms with van der Waals surface area (Å²) < 4.78 is 5.83. The average molecular weight is 269 g/mol. The lowest BCUT2D eigenvalue weighted by atomic mass is 9.98.